The molecule has 0 radical (unpaired) electrons. The molecule has 3 N–H and O–H groups in total. The fourth-order valence-electron chi connectivity index (χ4n) is 1.74. The highest BCUT2D eigenvalue weighted by Crippen LogP contribution is 2.24. The molecule has 0 bridgehead atoms. The highest BCUT2D eigenvalue weighted by atomic mass is 79.9. The van der Waals surface area contributed by atoms with Crippen molar-refractivity contribution in [2.24, 2.45) is 0 Å². The molecule has 5 heteroatoms. The van der Waals surface area contributed by atoms with Crippen LogP contribution in [0.3, 0.4) is 0 Å². The third-order valence-corrected chi connectivity index (χ3v) is 3.16. The highest BCUT2D eigenvalue weighted by Gasteiger charge is 2.09. The Balaban J connectivity index is 2.17. The van der Waals surface area contributed by atoms with Crippen molar-refractivity contribution < 1.29 is 9.53 Å². The highest BCUT2D eigenvalue weighted by molar-refractivity contribution is 9.10. The van der Waals surface area contributed by atoms with Gasteiger partial charge >= 0.3 is 0 Å². The Labute approximate surface area is 126 Å². The lowest BCUT2D eigenvalue weighted by molar-refractivity contribution is 0.102. The lowest BCUT2D eigenvalue weighted by Crippen LogP contribution is -2.13. The Bertz CT molecular complexity index is 629. The molecule has 104 valence electrons. The Morgan fingerprint density at radius 1 is 1.30 bits per heavy atom. The van der Waals surface area contributed by atoms with Crippen LogP contribution in [0.15, 0.2) is 46.9 Å². The molecular weight excluding hydrogens is 320 g/mol. The number of halogens is 1. The average molecular weight is 335 g/mol. The number of carbonyl (C=O) groups is 1. The van der Waals surface area contributed by atoms with E-state index >= 15 is 0 Å². The van der Waals surface area contributed by atoms with Crippen LogP contribution in [-0.2, 0) is 0 Å². The van der Waals surface area contributed by atoms with Crippen molar-refractivity contribution in [3.8, 4) is 5.75 Å². The molecule has 2 rings (SSSR count). The van der Waals surface area contributed by atoms with E-state index in [0.717, 1.165) is 4.47 Å². The number of nitrogens with two attached hydrogens (primary N) is 1. The quantitative estimate of drug-likeness (QED) is 0.838. The van der Waals surface area contributed by atoms with Gasteiger partial charge in [0.15, 0.2) is 0 Å². The molecule has 0 aromatic heterocycles. The number of nitrogens with one attached hydrogen (secondary N) is 1. The minimum absolute atomic E-state index is 0.222. The molecule has 0 saturated heterocycles. The van der Waals surface area contributed by atoms with Gasteiger partial charge in [-0.2, -0.15) is 0 Å². The summed E-state index contributed by atoms with van der Waals surface area (Å²) < 4.78 is 6.24. The van der Waals surface area contributed by atoms with E-state index in [-0.39, 0.29) is 5.91 Å². The molecule has 0 unspecified atom stereocenters. The summed E-state index contributed by atoms with van der Waals surface area (Å²) in [5.41, 5.74) is 7.47. The van der Waals surface area contributed by atoms with Crippen LogP contribution < -0.4 is 15.8 Å². The van der Waals surface area contributed by atoms with Gasteiger partial charge in [-0.15, -0.1) is 0 Å². The normalized spacial score (nSPS) is 10.1. The summed E-state index contributed by atoms with van der Waals surface area (Å²) in [6.07, 6.45) is 0. The van der Waals surface area contributed by atoms with E-state index < -0.39 is 0 Å². The van der Waals surface area contributed by atoms with E-state index in [4.69, 9.17) is 10.5 Å². The summed E-state index contributed by atoms with van der Waals surface area (Å²) in [6.45, 7) is 2.46. The minimum Gasteiger partial charge on any atom is -0.494 e. The van der Waals surface area contributed by atoms with Crippen LogP contribution in [0.4, 0.5) is 11.4 Å². The molecule has 0 atom stereocenters. The molecule has 2 aromatic rings. The first kappa shape index (κ1) is 14.4. The summed E-state index contributed by atoms with van der Waals surface area (Å²) >= 11 is 3.32. The van der Waals surface area contributed by atoms with Crippen molar-refractivity contribution in [1.29, 1.82) is 0 Å². The van der Waals surface area contributed by atoms with Crippen LogP contribution in [0.1, 0.15) is 17.3 Å². The molecular formula is C15H15BrN2O2. The zero-order valence-corrected chi connectivity index (χ0v) is 12.6. The maximum Gasteiger partial charge on any atom is 0.255 e. The maximum absolute atomic E-state index is 12.2. The first-order valence-corrected chi connectivity index (χ1v) is 6.98. The Morgan fingerprint density at radius 2 is 2.10 bits per heavy atom. The van der Waals surface area contributed by atoms with Gasteiger partial charge in [0.2, 0.25) is 0 Å². The third kappa shape index (κ3) is 3.51. The van der Waals surface area contributed by atoms with E-state index in [1.807, 2.05) is 19.1 Å². The molecule has 0 aliphatic heterocycles. The van der Waals surface area contributed by atoms with Gasteiger partial charge in [0, 0.05) is 10.0 Å². The molecule has 0 spiro atoms. The lowest BCUT2D eigenvalue weighted by atomic mass is 10.2. The number of ether oxygens (including phenoxy) is 1. The average Bonchev–Trinajstić information content (AvgIpc) is 2.42. The topological polar surface area (TPSA) is 64.3 Å². The predicted octanol–water partition coefficient (Wildman–Crippen LogP) is 3.68. The van der Waals surface area contributed by atoms with Crippen LogP contribution in [0.25, 0.3) is 0 Å². The molecule has 0 fully saturated rings. The number of amides is 1. The molecule has 0 aliphatic rings. The number of hydrogen-bond acceptors (Lipinski definition) is 3. The van der Waals surface area contributed by atoms with E-state index in [9.17, 15) is 4.79 Å². The van der Waals surface area contributed by atoms with Gasteiger partial charge in [-0.3, -0.25) is 4.79 Å². The zero-order chi connectivity index (χ0) is 14.5. The van der Waals surface area contributed by atoms with Crippen LogP contribution in [0, 0.1) is 0 Å². The standard InChI is InChI=1S/C15H15BrN2O2/c1-2-20-12-5-3-4-10(8-12)15(19)18-14-7-6-11(16)9-13(14)17/h3-9H,2,17H2,1H3,(H,18,19). The fourth-order valence-corrected chi connectivity index (χ4v) is 2.11. The first-order chi connectivity index (χ1) is 9.60. The molecule has 20 heavy (non-hydrogen) atoms. The van der Waals surface area contributed by atoms with Gasteiger partial charge in [-0.1, -0.05) is 22.0 Å². The molecule has 1 amide bonds. The Morgan fingerprint density at radius 3 is 2.80 bits per heavy atom. The van der Waals surface area contributed by atoms with Crippen molar-refractivity contribution in [1.82, 2.24) is 0 Å². The van der Waals surface area contributed by atoms with Crippen LogP contribution in [0.2, 0.25) is 0 Å². The second kappa shape index (κ2) is 6.43. The largest absolute Gasteiger partial charge is 0.494 e. The SMILES string of the molecule is CCOc1cccc(C(=O)Nc2ccc(Br)cc2N)c1. The van der Waals surface area contributed by atoms with Crippen molar-refractivity contribution in [2.45, 2.75) is 6.92 Å². The number of nitrogen functional groups attached to an aromatic ring is 1. The summed E-state index contributed by atoms with van der Waals surface area (Å²) in [5, 5.41) is 2.78. The van der Waals surface area contributed by atoms with Crippen molar-refractivity contribution in [2.75, 3.05) is 17.7 Å². The van der Waals surface area contributed by atoms with Gasteiger partial charge in [0.1, 0.15) is 5.75 Å². The number of carbonyl (C=O) groups excluding carboxylic acids is 1. The second-order valence-corrected chi connectivity index (χ2v) is 5.06. The van der Waals surface area contributed by atoms with Gasteiger partial charge in [0.05, 0.1) is 18.0 Å². The lowest BCUT2D eigenvalue weighted by Gasteiger charge is -2.09. The third-order valence-electron chi connectivity index (χ3n) is 2.67. The predicted molar refractivity (Wildman–Crippen MR) is 84.1 cm³/mol. The van der Waals surface area contributed by atoms with Gasteiger partial charge < -0.3 is 15.8 Å². The first-order valence-electron chi connectivity index (χ1n) is 6.19. The van der Waals surface area contributed by atoms with E-state index in [2.05, 4.69) is 21.2 Å². The van der Waals surface area contributed by atoms with E-state index in [1.54, 1.807) is 30.3 Å². The van der Waals surface area contributed by atoms with Gasteiger partial charge in [-0.05, 0) is 43.3 Å². The van der Waals surface area contributed by atoms with Crippen molar-refractivity contribution in [3.63, 3.8) is 0 Å². The van der Waals surface area contributed by atoms with Crippen LogP contribution in [0.5, 0.6) is 5.75 Å². The summed E-state index contributed by atoms with van der Waals surface area (Å²) in [4.78, 5) is 12.2. The molecule has 0 aliphatic carbocycles. The fraction of sp³-hybridized carbons (Fsp3) is 0.133. The Kier molecular flexibility index (Phi) is 4.63. The number of rotatable bonds is 4. The summed E-state index contributed by atoms with van der Waals surface area (Å²) in [7, 11) is 0. The smallest absolute Gasteiger partial charge is 0.255 e. The molecule has 0 heterocycles. The number of benzene rings is 2. The summed E-state index contributed by atoms with van der Waals surface area (Å²) in [6, 6.07) is 12.3. The van der Waals surface area contributed by atoms with Crippen molar-refractivity contribution >= 4 is 33.2 Å². The minimum atomic E-state index is -0.222. The monoisotopic (exact) mass is 334 g/mol. The van der Waals surface area contributed by atoms with Gasteiger partial charge in [0.25, 0.3) is 5.91 Å². The second-order valence-electron chi connectivity index (χ2n) is 4.15. The van der Waals surface area contributed by atoms with Gasteiger partial charge in [-0.25, -0.2) is 0 Å². The van der Waals surface area contributed by atoms with E-state index in [1.165, 1.54) is 0 Å². The van der Waals surface area contributed by atoms with Crippen LogP contribution >= 0.6 is 15.9 Å². The van der Waals surface area contributed by atoms with E-state index in [0.29, 0.717) is 29.3 Å². The molecule has 2 aromatic carbocycles. The maximum atomic E-state index is 12.2. The van der Waals surface area contributed by atoms with Crippen molar-refractivity contribution in [3.05, 3.63) is 52.5 Å². The molecule has 4 nitrogen and oxygen atoms in total. The zero-order valence-electron chi connectivity index (χ0n) is 11.0. The van der Waals surface area contributed by atoms with Crippen LogP contribution in [-0.4, -0.2) is 12.5 Å². The summed E-state index contributed by atoms with van der Waals surface area (Å²) in [5.74, 6) is 0.449. The number of hydrogen-bond donors (Lipinski definition) is 2. The molecule has 0 saturated carbocycles. The number of anilines is 2. The Hall–Kier alpha value is -2.01.